The zero-order valence-electron chi connectivity index (χ0n) is 11.2. The van der Waals surface area contributed by atoms with E-state index in [1.165, 1.54) is 0 Å². The molecule has 0 fully saturated rings. The van der Waals surface area contributed by atoms with E-state index in [0.29, 0.717) is 28.2 Å². The fourth-order valence-electron chi connectivity index (χ4n) is 1.67. The maximum atomic E-state index is 6.06. The third kappa shape index (κ3) is 4.37. The normalized spacial score (nSPS) is 10.6. The molecule has 0 atom stereocenters. The third-order valence-corrected chi connectivity index (χ3v) is 3.17. The summed E-state index contributed by atoms with van der Waals surface area (Å²) in [6.07, 6.45) is 1.09. The molecule has 5 heteroatoms. The van der Waals surface area contributed by atoms with Gasteiger partial charge in [0.05, 0.1) is 10.7 Å². The van der Waals surface area contributed by atoms with Crippen LogP contribution in [0, 0.1) is 0 Å². The van der Waals surface area contributed by atoms with Crippen molar-refractivity contribution in [2.24, 2.45) is 0 Å². The van der Waals surface area contributed by atoms with Gasteiger partial charge in [0.15, 0.2) is 0 Å². The summed E-state index contributed by atoms with van der Waals surface area (Å²) < 4.78 is 5.68. The van der Waals surface area contributed by atoms with Gasteiger partial charge in [-0.15, -0.1) is 0 Å². The molecule has 3 nitrogen and oxygen atoms in total. The zero-order chi connectivity index (χ0) is 14.4. The lowest BCUT2D eigenvalue weighted by Gasteiger charge is -2.09. The summed E-state index contributed by atoms with van der Waals surface area (Å²) in [5, 5.41) is 4.38. The first-order chi connectivity index (χ1) is 9.69. The highest BCUT2D eigenvalue weighted by Crippen LogP contribution is 2.31. The van der Waals surface area contributed by atoms with Crippen LogP contribution in [0.3, 0.4) is 0 Å². The van der Waals surface area contributed by atoms with Gasteiger partial charge in [0.2, 0.25) is 5.88 Å². The number of pyridine rings is 1. The van der Waals surface area contributed by atoms with Crippen LogP contribution in [0.5, 0.6) is 11.6 Å². The Kier molecular flexibility index (Phi) is 5.65. The average molecular weight is 311 g/mol. The molecule has 1 aromatic carbocycles. The first kappa shape index (κ1) is 15.1. The molecule has 0 spiro atoms. The van der Waals surface area contributed by atoms with Crippen LogP contribution in [0.2, 0.25) is 10.0 Å². The molecule has 0 aliphatic carbocycles. The van der Waals surface area contributed by atoms with E-state index in [4.69, 9.17) is 27.9 Å². The van der Waals surface area contributed by atoms with Crippen LogP contribution in [-0.2, 0) is 6.54 Å². The summed E-state index contributed by atoms with van der Waals surface area (Å²) in [7, 11) is 0. The molecule has 0 unspecified atom stereocenters. The van der Waals surface area contributed by atoms with E-state index in [1.807, 2.05) is 12.1 Å². The second-order valence-corrected chi connectivity index (χ2v) is 5.16. The second kappa shape index (κ2) is 7.48. The lowest BCUT2D eigenvalue weighted by Crippen LogP contribution is -2.14. The standard InChI is InChI=1S/C15H16Cl2N2O/c1-2-8-18-10-12-4-3-5-15(19-12)20-14-9-11(16)6-7-13(14)17/h3-7,9,18H,2,8,10H2,1H3. The number of nitrogens with one attached hydrogen (secondary N) is 1. The minimum atomic E-state index is 0.505. The summed E-state index contributed by atoms with van der Waals surface area (Å²) in [6.45, 7) is 3.81. The van der Waals surface area contributed by atoms with Gasteiger partial charge in [0, 0.05) is 23.7 Å². The van der Waals surface area contributed by atoms with Crippen molar-refractivity contribution in [1.29, 1.82) is 0 Å². The Morgan fingerprint density at radius 3 is 2.85 bits per heavy atom. The van der Waals surface area contributed by atoms with Crippen molar-refractivity contribution in [3.8, 4) is 11.6 Å². The average Bonchev–Trinajstić information content (AvgIpc) is 2.44. The Hall–Kier alpha value is -1.29. The Balaban J connectivity index is 2.09. The first-order valence-electron chi connectivity index (χ1n) is 6.48. The van der Waals surface area contributed by atoms with Gasteiger partial charge in [-0.2, -0.15) is 0 Å². The maximum Gasteiger partial charge on any atom is 0.219 e. The van der Waals surface area contributed by atoms with Crippen molar-refractivity contribution >= 4 is 23.2 Å². The van der Waals surface area contributed by atoms with Gasteiger partial charge in [-0.05, 0) is 31.2 Å². The lowest BCUT2D eigenvalue weighted by atomic mass is 10.3. The highest BCUT2D eigenvalue weighted by atomic mass is 35.5. The van der Waals surface area contributed by atoms with E-state index < -0.39 is 0 Å². The highest BCUT2D eigenvalue weighted by Gasteiger charge is 2.06. The Morgan fingerprint density at radius 1 is 1.20 bits per heavy atom. The van der Waals surface area contributed by atoms with Gasteiger partial charge < -0.3 is 10.1 Å². The summed E-state index contributed by atoms with van der Waals surface area (Å²) in [4.78, 5) is 4.42. The largest absolute Gasteiger partial charge is 0.437 e. The predicted octanol–water partition coefficient (Wildman–Crippen LogP) is 4.68. The molecule has 0 amide bonds. The number of hydrogen-bond acceptors (Lipinski definition) is 3. The molecule has 0 saturated heterocycles. The van der Waals surface area contributed by atoms with Crippen LogP contribution in [0.15, 0.2) is 36.4 Å². The Morgan fingerprint density at radius 2 is 2.05 bits per heavy atom. The van der Waals surface area contributed by atoms with Crippen molar-refractivity contribution in [3.05, 3.63) is 52.1 Å². The van der Waals surface area contributed by atoms with E-state index in [9.17, 15) is 0 Å². The molecule has 106 valence electrons. The van der Waals surface area contributed by atoms with E-state index >= 15 is 0 Å². The van der Waals surface area contributed by atoms with E-state index in [2.05, 4.69) is 17.2 Å². The van der Waals surface area contributed by atoms with Crippen LogP contribution in [0.4, 0.5) is 0 Å². The molecule has 1 aromatic heterocycles. The molecule has 0 saturated carbocycles. The first-order valence-corrected chi connectivity index (χ1v) is 7.24. The van der Waals surface area contributed by atoms with Crippen LogP contribution < -0.4 is 10.1 Å². The Bertz CT molecular complexity index is 576. The molecular formula is C15H16Cl2N2O. The summed E-state index contributed by atoms with van der Waals surface area (Å²) in [5.74, 6) is 1.01. The number of rotatable bonds is 6. The van der Waals surface area contributed by atoms with Gasteiger partial charge in [-0.25, -0.2) is 4.98 Å². The van der Waals surface area contributed by atoms with Crippen molar-refractivity contribution in [2.45, 2.75) is 19.9 Å². The van der Waals surface area contributed by atoms with Gasteiger partial charge >= 0.3 is 0 Å². The lowest BCUT2D eigenvalue weighted by molar-refractivity contribution is 0.460. The summed E-state index contributed by atoms with van der Waals surface area (Å²) in [6, 6.07) is 10.7. The number of hydrogen-bond donors (Lipinski definition) is 1. The van der Waals surface area contributed by atoms with E-state index in [-0.39, 0.29) is 0 Å². The van der Waals surface area contributed by atoms with Crippen LogP contribution in [0.1, 0.15) is 19.0 Å². The fourth-order valence-corrected chi connectivity index (χ4v) is 1.99. The van der Waals surface area contributed by atoms with Crippen LogP contribution in [-0.4, -0.2) is 11.5 Å². The van der Waals surface area contributed by atoms with Gasteiger partial charge in [-0.3, -0.25) is 0 Å². The Labute approximate surface area is 128 Å². The molecule has 0 aliphatic rings. The SMILES string of the molecule is CCCNCc1cccc(Oc2cc(Cl)ccc2Cl)n1. The molecular weight excluding hydrogens is 295 g/mol. The maximum absolute atomic E-state index is 6.06. The van der Waals surface area contributed by atoms with E-state index in [0.717, 1.165) is 18.7 Å². The number of ether oxygens (including phenoxy) is 1. The fraction of sp³-hybridized carbons (Fsp3) is 0.267. The van der Waals surface area contributed by atoms with Crippen molar-refractivity contribution in [3.63, 3.8) is 0 Å². The number of halogens is 2. The van der Waals surface area contributed by atoms with Crippen LogP contribution in [0.25, 0.3) is 0 Å². The van der Waals surface area contributed by atoms with Crippen molar-refractivity contribution in [1.82, 2.24) is 10.3 Å². The van der Waals surface area contributed by atoms with E-state index in [1.54, 1.807) is 24.3 Å². The third-order valence-electron chi connectivity index (χ3n) is 2.62. The minimum absolute atomic E-state index is 0.505. The molecule has 1 N–H and O–H groups in total. The molecule has 1 heterocycles. The predicted molar refractivity (Wildman–Crippen MR) is 82.8 cm³/mol. The second-order valence-electron chi connectivity index (χ2n) is 4.32. The zero-order valence-corrected chi connectivity index (χ0v) is 12.7. The van der Waals surface area contributed by atoms with Crippen molar-refractivity contribution < 1.29 is 4.74 Å². The molecule has 2 aromatic rings. The molecule has 20 heavy (non-hydrogen) atoms. The molecule has 2 rings (SSSR count). The smallest absolute Gasteiger partial charge is 0.219 e. The monoisotopic (exact) mass is 310 g/mol. The van der Waals surface area contributed by atoms with Gasteiger partial charge in [-0.1, -0.05) is 36.2 Å². The topological polar surface area (TPSA) is 34.1 Å². The summed E-state index contributed by atoms with van der Waals surface area (Å²) >= 11 is 12.0. The van der Waals surface area contributed by atoms with Crippen molar-refractivity contribution in [2.75, 3.05) is 6.54 Å². The number of nitrogens with zero attached hydrogens (tertiary/aromatic N) is 1. The minimum Gasteiger partial charge on any atom is -0.437 e. The van der Waals surface area contributed by atoms with Gasteiger partial charge in [0.25, 0.3) is 0 Å². The number of benzene rings is 1. The molecule has 0 radical (unpaired) electrons. The molecule has 0 bridgehead atoms. The van der Waals surface area contributed by atoms with Crippen LogP contribution >= 0.6 is 23.2 Å². The number of aromatic nitrogens is 1. The quantitative estimate of drug-likeness (QED) is 0.787. The highest BCUT2D eigenvalue weighted by molar-refractivity contribution is 6.34. The molecule has 0 aliphatic heterocycles. The van der Waals surface area contributed by atoms with Gasteiger partial charge in [0.1, 0.15) is 5.75 Å². The summed E-state index contributed by atoms with van der Waals surface area (Å²) in [5.41, 5.74) is 0.925.